The first-order valence-electron chi connectivity index (χ1n) is 10.7. The van der Waals surface area contributed by atoms with E-state index in [1.165, 1.54) is 0 Å². The summed E-state index contributed by atoms with van der Waals surface area (Å²) < 4.78 is 16.7. The number of rotatable bonds is 4. The van der Waals surface area contributed by atoms with Crippen LogP contribution in [0.25, 0.3) is 23.2 Å². The molecule has 0 aliphatic heterocycles. The molecule has 1 aliphatic rings. The predicted molar refractivity (Wildman–Crippen MR) is 118 cm³/mol. The van der Waals surface area contributed by atoms with E-state index in [4.69, 9.17) is 0 Å². The number of halogens is 1. The lowest BCUT2D eigenvalue weighted by molar-refractivity contribution is 0.244. The van der Waals surface area contributed by atoms with E-state index in [0.717, 1.165) is 30.5 Å². The van der Waals surface area contributed by atoms with E-state index in [9.17, 15) is 9.50 Å². The molecule has 0 amide bonds. The molecule has 1 aromatic carbocycles. The molecule has 0 radical (unpaired) electrons. The standard InChI is InChI=1S/C24H28FN5O/c1-4-24(3)12-16(2)9-21(25)17(13-24)10-18-14-27-23(29-28-18)20-6-5-19(11-22(20)31)30-8-7-26-15-30/h5-8,10-11,14-16,21,31H,4,9,12-13H2,1-3H3/b17-10-/t16-,21-,24-/m0/s1. The quantitative estimate of drug-likeness (QED) is 0.572. The number of nitrogens with zero attached hydrogens (tertiary/aromatic N) is 5. The fourth-order valence-electron chi connectivity index (χ4n) is 4.46. The lowest BCUT2D eigenvalue weighted by atomic mass is 9.77. The van der Waals surface area contributed by atoms with Crippen LogP contribution in [0.15, 0.2) is 48.7 Å². The second-order valence-corrected chi connectivity index (χ2v) is 8.95. The highest BCUT2D eigenvalue weighted by molar-refractivity contribution is 5.66. The molecule has 3 atom stereocenters. The minimum atomic E-state index is -0.968. The predicted octanol–water partition coefficient (Wildman–Crippen LogP) is 5.39. The van der Waals surface area contributed by atoms with Crippen molar-refractivity contribution in [2.45, 2.75) is 52.6 Å². The molecule has 2 heterocycles. The Kier molecular flexibility index (Phi) is 5.85. The number of aromatic nitrogens is 5. The summed E-state index contributed by atoms with van der Waals surface area (Å²) >= 11 is 0. The van der Waals surface area contributed by atoms with Gasteiger partial charge in [0.25, 0.3) is 0 Å². The molecule has 6 nitrogen and oxygen atoms in total. The van der Waals surface area contributed by atoms with Crippen LogP contribution >= 0.6 is 0 Å². The minimum absolute atomic E-state index is 0.0550. The fraction of sp³-hybridized carbons (Fsp3) is 0.417. The van der Waals surface area contributed by atoms with Crippen LogP contribution in [-0.2, 0) is 0 Å². The molecule has 0 spiro atoms. The molecule has 1 aliphatic carbocycles. The summed E-state index contributed by atoms with van der Waals surface area (Å²) in [6, 6.07) is 5.22. The maximum Gasteiger partial charge on any atom is 0.185 e. The van der Waals surface area contributed by atoms with E-state index < -0.39 is 6.17 Å². The summed E-state index contributed by atoms with van der Waals surface area (Å²) in [5.41, 5.74) is 2.66. The van der Waals surface area contributed by atoms with Crippen molar-refractivity contribution in [2.75, 3.05) is 0 Å². The third-order valence-corrected chi connectivity index (χ3v) is 6.27. The van der Waals surface area contributed by atoms with Gasteiger partial charge < -0.3 is 9.67 Å². The zero-order valence-electron chi connectivity index (χ0n) is 18.2. The van der Waals surface area contributed by atoms with Gasteiger partial charge in [0.2, 0.25) is 0 Å². The van der Waals surface area contributed by atoms with Crippen molar-refractivity contribution >= 4 is 6.08 Å². The van der Waals surface area contributed by atoms with Gasteiger partial charge in [-0.1, -0.05) is 27.2 Å². The Morgan fingerprint density at radius 3 is 2.81 bits per heavy atom. The summed E-state index contributed by atoms with van der Waals surface area (Å²) in [7, 11) is 0. The van der Waals surface area contributed by atoms with Gasteiger partial charge in [0.15, 0.2) is 5.82 Å². The van der Waals surface area contributed by atoms with Gasteiger partial charge in [-0.15, -0.1) is 10.2 Å². The Balaban J connectivity index is 1.58. The summed E-state index contributed by atoms with van der Waals surface area (Å²) in [6.45, 7) is 6.53. The van der Waals surface area contributed by atoms with E-state index in [-0.39, 0.29) is 11.2 Å². The lowest BCUT2D eigenvalue weighted by Crippen LogP contribution is -2.17. The first-order valence-corrected chi connectivity index (χ1v) is 10.7. The molecule has 1 N–H and O–H groups in total. The van der Waals surface area contributed by atoms with Crippen LogP contribution in [0.4, 0.5) is 4.39 Å². The van der Waals surface area contributed by atoms with Gasteiger partial charge in [-0.25, -0.2) is 14.4 Å². The summed E-state index contributed by atoms with van der Waals surface area (Å²) in [4.78, 5) is 8.38. The number of phenols is 1. The van der Waals surface area contributed by atoms with Crippen LogP contribution in [0.2, 0.25) is 0 Å². The number of phenolic OH excluding ortho intramolecular Hbond substituents is 1. The molecule has 2 aromatic heterocycles. The lowest BCUT2D eigenvalue weighted by Gasteiger charge is -2.28. The van der Waals surface area contributed by atoms with Gasteiger partial charge in [-0.3, -0.25) is 0 Å². The van der Waals surface area contributed by atoms with Crippen molar-refractivity contribution in [3.8, 4) is 22.8 Å². The second-order valence-electron chi connectivity index (χ2n) is 8.95. The van der Waals surface area contributed by atoms with Crippen LogP contribution in [0.3, 0.4) is 0 Å². The SMILES string of the molecule is CC[C@]1(C)C/C(=C/c2cnc(-c3ccc(-n4ccnc4)cc3O)nn2)[C@@H](F)C[C@H](C)C1. The van der Waals surface area contributed by atoms with E-state index in [2.05, 4.69) is 40.9 Å². The van der Waals surface area contributed by atoms with Gasteiger partial charge in [0.1, 0.15) is 17.6 Å². The Morgan fingerprint density at radius 1 is 1.32 bits per heavy atom. The Labute approximate surface area is 181 Å². The van der Waals surface area contributed by atoms with Gasteiger partial charge in [-0.05, 0) is 54.4 Å². The zero-order chi connectivity index (χ0) is 22.0. The van der Waals surface area contributed by atoms with Crippen molar-refractivity contribution < 1.29 is 9.50 Å². The van der Waals surface area contributed by atoms with Crippen LogP contribution in [0.1, 0.15) is 52.1 Å². The molecule has 1 saturated carbocycles. The van der Waals surface area contributed by atoms with E-state index in [1.54, 1.807) is 47.7 Å². The van der Waals surface area contributed by atoms with Gasteiger partial charge in [0, 0.05) is 18.5 Å². The van der Waals surface area contributed by atoms with Crippen molar-refractivity contribution in [1.82, 2.24) is 24.7 Å². The smallest absolute Gasteiger partial charge is 0.185 e. The van der Waals surface area contributed by atoms with E-state index in [0.29, 0.717) is 29.4 Å². The molecule has 1 fully saturated rings. The Bertz CT molecular complexity index is 1060. The molecule has 3 aromatic rings. The number of aromatic hydroxyl groups is 1. The monoisotopic (exact) mass is 421 g/mol. The van der Waals surface area contributed by atoms with Crippen LogP contribution < -0.4 is 0 Å². The number of imidazole rings is 1. The highest BCUT2D eigenvalue weighted by atomic mass is 19.1. The highest BCUT2D eigenvalue weighted by Gasteiger charge is 2.33. The maximum atomic E-state index is 14.9. The van der Waals surface area contributed by atoms with E-state index in [1.807, 2.05) is 6.07 Å². The maximum absolute atomic E-state index is 14.9. The number of allylic oxidation sites excluding steroid dienone is 1. The van der Waals surface area contributed by atoms with Crippen molar-refractivity contribution in [3.63, 3.8) is 0 Å². The molecule has 31 heavy (non-hydrogen) atoms. The molecule has 162 valence electrons. The Hall–Kier alpha value is -3.09. The molecular weight excluding hydrogens is 393 g/mol. The minimum Gasteiger partial charge on any atom is -0.507 e. The summed E-state index contributed by atoms with van der Waals surface area (Å²) in [6.07, 6.45) is 10.8. The molecule has 7 heteroatoms. The second kappa shape index (κ2) is 8.57. The summed E-state index contributed by atoms with van der Waals surface area (Å²) in [5, 5.41) is 18.9. The average molecular weight is 422 g/mol. The number of hydrogen-bond donors (Lipinski definition) is 1. The average Bonchev–Trinajstić information content (AvgIpc) is 3.25. The van der Waals surface area contributed by atoms with E-state index >= 15 is 0 Å². The number of hydrogen-bond acceptors (Lipinski definition) is 5. The molecule has 0 bridgehead atoms. The molecule has 4 rings (SSSR count). The van der Waals surface area contributed by atoms with Crippen LogP contribution in [0, 0.1) is 11.3 Å². The molecule has 0 unspecified atom stereocenters. The summed E-state index contributed by atoms with van der Waals surface area (Å²) in [5.74, 6) is 0.728. The van der Waals surface area contributed by atoms with Gasteiger partial charge >= 0.3 is 0 Å². The van der Waals surface area contributed by atoms with Gasteiger partial charge in [-0.2, -0.15) is 0 Å². The van der Waals surface area contributed by atoms with Gasteiger partial charge in [0.05, 0.1) is 23.8 Å². The third-order valence-electron chi connectivity index (χ3n) is 6.27. The number of benzene rings is 1. The Morgan fingerprint density at radius 2 is 2.16 bits per heavy atom. The van der Waals surface area contributed by atoms with Crippen LogP contribution in [-0.4, -0.2) is 36.0 Å². The fourth-order valence-corrected chi connectivity index (χ4v) is 4.46. The van der Waals surface area contributed by atoms with Crippen molar-refractivity contribution in [1.29, 1.82) is 0 Å². The van der Waals surface area contributed by atoms with Crippen LogP contribution in [0.5, 0.6) is 5.75 Å². The topological polar surface area (TPSA) is 76.7 Å². The largest absolute Gasteiger partial charge is 0.507 e. The number of alkyl halides is 1. The third kappa shape index (κ3) is 4.65. The normalized spacial score (nSPS) is 25.5. The van der Waals surface area contributed by atoms with Crippen molar-refractivity contribution in [2.24, 2.45) is 11.3 Å². The molecular formula is C24H28FN5O. The highest BCUT2D eigenvalue weighted by Crippen LogP contribution is 2.43. The first kappa shape index (κ1) is 21.2. The first-order chi connectivity index (χ1) is 14.9. The zero-order valence-corrected chi connectivity index (χ0v) is 18.2. The molecule has 0 saturated heterocycles. The van der Waals surface area contributed by atoms with Crippen molar-refractivity contribution in [3.05, 3.63) is 54.4 Å².